The van der Waals surface area contributed by atoms with Crippen LogP contribution in [-0.2, 0) is 6.61 Å². The van der Waals surface area contributed by atoms with Crippen LogP contribution in [-0.4, -0.2) is 25.7 Å². The second-order valence-corrected chi connectivity index (χ2v) is 9.35. The maximum atomic E-state index is 13.5. The molecule has 0 amide bonds. The van der Waals surface area contributed by atoms with E-state index in [9.17, 15) is 25.0 Å². The molecule has 1 heterocycles. The summed E-state index contributed by atoms with van der Waals surface area (Å²) in [5.74, 6) is 0.634. The van der Waals surface area contributed by atoms with Gasteiger partial charge in [0, 0.05) is 29.7 Å². The molecule has 1 fully saturated rings. The van der Waals surface area contributed by atoms with E-state index in [0.717, 1.165) is 32.1 Å². The maximum absolute atomic E-state index is 13.5. The zero-order chi connectivity index (χ0) is 27.4. The first-order valence-electron chi connectivity index (χ1n) is 12.6. The molecule has 198 valence electrons. The van der Waals surface area contributed by atoms with Crippen molar-refractivity contribution in [3.05, 3.63) is 114 Å². The third kappa shape index (κ3) is 5.52. The molecule has 1 aliphatic rings. The van der Waals surface area contributed by atoms with Gasteiger partial charge in [-0.1, -0.05) is 37.5 Å². The fourth-order valence-electron chi connectivity index (χ4n) is 4.81. The molecule has 39 heavy (non-hydrogen) atoms. The van der Waals surface area contributed by atoms with Crippen molar-refractivity contribution in [1.82, 2.24) is 9.66 Å². The fraction of sp³-hybridized carbons (Fsp3) is 0.250. The molecule has 0 spiro atoms. The van der Waals surface area contributed by atoms with Crippen LogP contribution in [0, 0.1) is 20.2 Å². The van der Waals surface area contributed by atoms with Gasteiger partial charge in [0.25, 0.3) is 11.2 Å². The number of ether oxygens (including phenoxy) is 1. The molecule has 3 aromatic carbocycles. The van der Waals surface area contributed by atoms with Gasteiger partial charge in [-0.05, 0) is 48.7 Å². The first-order chi connectivity index (χ1) is 18.9. The highest BCUT2D eigenvalue weighted by atomic mass is 16.6. The largest absolute Gasteiger partial charge is 0.481 e. The highest BCUT2D eigenvalue weighted by molar-refractivity contribution is 5.86. The van der Waals surface area contributed by atoms with Gasteiger partial charge >= 0.3 is 5.69 Å². The summed E-state index contributed by atoms with van der Waals surface area (Å²) in [6.45, 7) is -0.0610. The molecule has 11 nitrogen and oxygen atoms in total. The Morgan fingerprint density at radius 2 is 1.69 bits per heavy atom. The lowest BCUT2D eigenvalue weighted by atomic mass is 9.88. The second kappa shape index (κ2) is 11.2. The normalized spacial score (nSPS) is 14.1. The molecule has 0 unspecified atom stereocenters. The molecule has 0 saturated heterocycles. The Hall–Kier alpha value is -4.93. The zero-order valence-electron chi connectivity index (χ0n) is 20.9. The Morgan fingerprint density at radius 3 is 2.41 bits per heavy atom. The van der Waals surface area contributed by atoms with E-state index in [4.69, 9.17) is 9.72 Å². The van der Waals surface area contributed by atoms with Crippen LogP contribution in [0.25, 0.3) is 10.9 Å². The Labute approximate surface area is 222 Å². The molecule has 0 radical (unpaired) electrons. The van der Waals surface area contributed by atoms with Crippen LogP contribution >= 0.6 is 0 Å². The number of nitrogens with zero attached hydrogens (tertiary/aromatic N) is 5. The number of nitro benzene ring substituents is 2. The van der Waals surface area contributed by atoms with E-state index in [-0.39, 0.29) is 35.2 Å². The zero-order valence-corrected chi connectivity index (χ0v) is 20.9. The average molecular weight is 528 g/mol. The molecule has 5 rings (SSSR count). The topological polar surface area (TPSA) is 143 Å². The highest BCUT2D eigenvalue weighted by Gasteiger charge is 2.23. The van der Waals surface area contributed by atoms with E-state index in [1.165, 1.54) is 47.3 Å². The van der Waals surface area contributed by atoms with E-state index in [0.29, 0.717) is 27.9 Å². The quantitative estimate of drug-likeness (QED) is 0.162. The molecule has 1 aromatic heterocycles. The van der Waals surface area contributed by atoms with Gasteiger partial charge in [-0.2, -0.15) is 9.78 Å². The summed E-state index contributed by atoms with van der Waals surface area (Å²) in [6, 6.07) is 17.3. The number of hydrogen-bond acceptors (Lipinski definition) is 8. The Morgan fingerprint density at radius 1 is 0.949 bits per heavy atom. The molecule has 4 aromatic rings. The number of aromatic nitrogens is 2. The maximum Gasteiger partial charge on any atom is 0.311 e. The van der Waals surface area contributed by atoms with Crippen LogP contribution in [0.3, 0.4) is 0 Å². The third-order valence-electron chi connectivity index (χ3n) is 6.81. The van der Waals surface area contributed by atoms with Crippen molar-refractivity contribution in [3.63, 3.8) is 0 Å². The van der Waals surface area contributed by atoms with Gasteiger partial charge in [-0.3, -0.25) is 25.0 Å². The molecule has 0 aliphatic heterocycles. The van der Waals surface area contributed by atoms with E-state index < -0.39 is 9.85 Å². The van der Waals surface area contributed by atoms with Gasteiger partial charge in [-0.25, -0.2) is 4.98 Å². The van der Waals surface area contributed by atoms with E-state index in [2.05, 4.69) is 5.10 Å². The molecule has 0 N–H and O–H groups in total. The summed E-state index contributed by atoms with van der Waals surface area (Å²) >= 11 is 0. The molecule has 1 aliphatic carbocycles. The van der Waals surface area contributed by atoms with Gasteiger partial charge in [-0.15, -0.1) is 0 Å². The number of benzene rings is 3. The van der Waals surface area contributed by atoms with Crippen molar-refractivity contribution in [3.8, 4) is 5.75 Å². The molecular weight excluding hydrogens is 502 g/mol. The smallest absolute Gasteiger partial charge is 0.311 e. The SMILES string of the molecule is O=c1c2ccccc2nc(C2CCCCC2)n1N=Cc1cccc([N+](=O)[O-])c1OCc1ccc([N+](=O)[O-])cc1. The molecule has 0 atom stereocenters. The number of non-ortho nitro benzene ring substituents is 1. The van der Waals surface area contributed by atoms with E-state index in [1.807, 2.05) is 12.1 Å². The lowest BCUT2D eigenvalue weighted by Crippen LogP contribution is -2.25. The Bertz CT molecular complexity index is 1620. The fourth-order valence-corrected chi connectivity index (χ4v) is 4.81. The predicted octanol–water partition coefficient (Wildman–Crippen LogP) is 5.72. The number of hydrogen-bond donors (Lipinski definition) is 0. The van der Waals surface area contributed by atoms with Crippen molar-refractivity contribution in [2.45, 2.75) is 44.6 Å². The van der Waals surface area contributed by atoms with Crippen LogP contribution in [0.4, 0.5) is 11.4 Å². The lowest BCUT2D eigenvalue weighted by Gasteiger charge is -2.22. The number of para-hydroxylation sites is 2. The average Bonchev–Trinajstić information content (AvgIpc) is 2.96. The summed E-state index contributed by atoms with van der Waals surface area (Å²) in [5, 5.41) is 27.6. The van der Waals surface area contributed by atoms with Crippen molar-refractivity contribution in [2.75, 3.05) is 0 Å². The minimum absolute atomic E-state index is 0.0226. The molecule has 11 heteroatoms. The molecule has 0 bridgehead atoms. The van der Waals surface area contributed by atoms with Crippen molar-refractivity contribution in [1.29, 1.82) is 0 Å². The van der Waals surface area contributed by atoms with Gasteiger partial charge in [0.05, 0.1) is 27.0 Å². The summed E-state index contributed by atoms with van der Waals surface area (Å²) in [5.41, 5.74) is 0.864. The van der Waals surface area contributed by atoms with Crippen molar-refractivity contribution < 1.29 is 14.6 Å². The number of fused-ring (bicyclic) bond motifs is 1. The standard InChI is InChI=1S/C28H25N5O6/c34-28-23-10-4-5-11-24(23)30-27(20-7-2-1-3-8-20)31(28)29-17-21-9-6-12-25(33(37)38)26(21)39-18-19-13-15-22(16-14-19)32(35)36/h4-6,9-17,20H,1-3,7-8,18H2. The molecular formula is C28H25N5O6. The van der Waals surface area contributed by atoms with Gasteiger partial charge < -0.3 is 4.74 Å². The van der Waals surface area contributed by atoms with Crippen LogP contribution in [0.2, 0.25) is 0 Å². The summed E-state index contributed by atoms with van der Waals surface area (Å²) in [4.78, 5) is 39.9. The number of rotatable bonds is 8. The third-order valence-corrected chi connectivity index (χ3v) is 6.81. The summed E-state index contributed by atoms with van der Waals surface area (Å²) in [6.07, 6.45) is 6.41. The Kier molecular flexibility index (Phi) is 7.39. The first kappa shape index (κ1) is 25.7. The summed E-state index contributed by atoms with van der Waals surface area (Å²) < 4.78 is 7.15. The predicted molar refractivity (Wildman–Crippen MR) is 145 cm³/mol. The van der Waals surface area contributed by atoms with E-state index >= 15 is 0 Å². The van der Waals surface area contributed by atoms with Crippen molar-refractivity contribution >= 4 is 28.5 Å². The minimum Gasteiger partial charge on any atom is -0.481 e. The monoisotopic (exact) mass is 527 g/mol. The van der Waals surface area contributed by atoms with E-state index in [1.54, 1.807) is 18.2 Å². The van der Waals surface area contributed by atoms with Crippen LogP contribution in [0.5, 0.6) is 5.75 Å². The summed E-state index contributed by atoms with van der Waals surface area (Å²) in [7, 11) is 0. The van der Waals surface area contributed by atoms with Gasteiger partial charge in [0.2, 0.25) is 5.75 Å². The number of nitro groups is 2. The van der Waals surface area contributed by atoms with Gasteiger partial charge in [0.15, 0.2) is 0 Å². The highest BCUT2D eigenvalue weighted by Crippen LogP contribution is 2.33. The van der Waals surface area contributed by atoms with Crippen LogP contribution < -0.4 is 10.3 Å². The first-order valence-corrected chi connectivity index (χ1v) is 12.6. The van der Waals surface area contributed by atoms with Crippen LogP contribution in [0.15, 0.2) is 76.6 Å². The van der Waals surface area contributed by atoms with Gasteiger partial charge in [0.1, 0.15) is 12.4 Å². The molecule has 1 saturated carbocycles. The Balaban J connectivity index is 1.53. The van der Waals surface area contributed by atoms with Crippen LogP contribution in [0.1, 0.15) is 55.0 Å². The van der Waals surface area contributed by atoms with Crippen molar-refractivity contribution in [2.24, 2.45) is 5.10 Å². The minimum atomic E-state index is -0.556. The lowest BCUT2D eigenvalue weighted by molar-refractivity contribution is -0.386. The second-order valence-electron chi connectivity index (χ2n) is 9.35.